The monoisotopic (exact) mass is 252 g/mol. The Bertz CT molecular complexity index is 401. The van der Waals surface area contributed by atoms with Gasteiger partial charge >= 0.3 is 0 Å². The number of carbonyl (C=O) groups excluding carboxylic acids is 1. The van der Waals surface area contributed by atoms with Crippen molar-refractivity contribution < 1.29 is 9.53 Å². The Kier molecular flexibility index (Phi) is 5.93. The lowest BCUT2D eigenvalue weighted by Crippen LogP contribution is -2.28. The van der Waals surface area contributed by atoms with Crippen LogP contribution in [0.3, 0.4) is 0 Å². The second kappa shape index (κ2) is 7.50. The number of aromatic amines is 1. The highest BCUT2D eigenvalue weighted by Gasteiger charge is 2.15. The van der Waals surface area contributed by atoms with Crippen LogP contribution in [0.5, 0.6) is 0 Å². The van der Waals surface area contributed by atoms with Gasteiger partial charge in [-0.05, 0) is 12.8 Å². The highest BCUT2D eigenvalue weighted by molar-refractivity contribution is 5.97. The Morgan fingerprint density at radius 3 is 3.00 bits per heavy atom. The van der Waals surface area contributed by atoms with Gasteiger partial charge in [0.25, 0.3) is 5.91 Å². The van der Waals surface area contributed by atoms with Crippen molar-refractivity contribution in [3.05, 3.63) is 24.0 Å². The van der Waals surface area contributed by atoms with E-state index < -0.39 is 0 Å². The van der Waals surface area contributed by atoms with Crippen molar-refractivity contribution in [2.75, 3.05) is 25.5 Å². The lowest BCUT2D eigenvalue weighted by Gasteiger charge is -2.04. The van der Waals surface area contributed by atoms with Gasteiger partial charge in [-0.3, -0.25) is 9.89 Å². The molecule has 1 aromatic heterocycles. The van der Waals surface area contributed by atoms with Gasteiger partial charge in [0.15, 0.2) is 5.69 Å². The lowest BCUT2D eigenvalue weighted by molar-refractivity contribution is 0.0914. The number of hydrogen-bond acceptors (Lipinski definition) is 4. The second-order valence-electron chi connectivity index (χ2n) is 3.76. The molecule has 0 saturated heterocycles. The topological polar surface area (TPSA) is 93.0 Å². The predicted octanol–water partition coefficient (Wildman–Crippen LogP) is 0.877. The van der Waals surface area contributed by atoms with Crippen LogP contribution in [0.1, 0.15) is 29.5 Å². The summed E-state index contributed by atoms with van der Waals surface area (Å²) in [7, 11) is 0. The van der Waals surface area contributed by atoms with E-state index in [9.17, 15) is 4.79 Å². The molecule has 0 radical (unpaired) electrons. The van der Waals surface area contributed by atoms with Crippen molar-refractivity contribution in [3.63, 3.8) is 0 Å². The molecule has 1 amide bonds. The van der Waals surface area contributed by atoms with E-state index in [1.165, 1.54) is 0 Å². The maximum absolute atomic E-state index is 11.7. The Balaban J connectivity index is 2.32. The molecule has 0 atom stereocenters. The van der Waals surface area contributed by atoms with E-state index in [1.807, 2.05) is 6.92 Å². The summed E-state index contributed by atoms with van der Waals surface area (Å²) in [4.78, 5) is 11.7. The first-order chi connectivity index (χ1) is 8.70. The molecular formula is C12H20N4O2. The molecule has 0 unspecified atom stereocenters. The summed E-state index contributed by atoms with van der Waals surface area (Å²) < 4.78 is 5.27. The van der Waals surface area contributed by atoms with E-state index in [1.54, 1.807) is 6.08 Å². The third-order valence-corrected chi connectivity index (χ3v) is 2.45. The number of nitrogens with two attached hydrogens (primary N) is 1. The third kappa shape index (κ3) is 3.89. The number of H-pyrrole nitrogens is 1. The first kappa shape index (κ1) is 14.2. The molecule has 18 heavy (non-hydrogen) atoms. The highest BCUT2D eigenvalue weighted by atomic mass is 16.5. The molecule has 0 fully saturated rings. The molecule has 0 saturated carbocycles. The first-order valence-corrected chi connectivity index (χ1v) is 6.00. The maximum atomic E-state index is 11.7. The molecule has 4 N–H and O–H groups in total. The van der Waals surface area contributed by atoms with Crippen molar-refractivity contribution in [2.45, 2.75) is 19.8 Å². The number of anilines is 1. The first-order valence-electron chi connectivity index (χ1n) is 6.00. The summed E-state index contributed by atoms with van der Waals surface area (Å²) in [6, 6.07) is 0. The summed E-state index contributed by atoms with van der Waals surface area (Å²) >= 11 is 0. The zero-order valence-corrected chi connectivity index (χ0v) is 10.7. The average Bonchev–Trinajstić information content (AvgIpc) is 2.74. The van der Waals surface area contributed by atoms with Gasteiger partial charge in [-0.1, -0.05) is 13.0 Å². The normalized spacial score (nSPS) is 10.3. The number of nitrogen functional groups attached to an aromatic ring is 1. The number of nitrogens with zero attached hydrogens (tertiary/aromatic N) is 1. The number of rotatable bonds is 8. The fourth-order valence-electron chi connectivity index (χ4n) is 1.42. The van der Waals surface area contributed by atoms with Gasteiger partial charge in [0, 0.05) is 6.54 Å². The van der Waals surface area contributed by atoms with Crippen molar-refractivity contribution in [3.8, 4) is 0 Å². The molecule has 1 heterocycles. The molecule has 0 aliphatic carbocycles. The number of aromatic nitrogens is 2. The molecule has 0 bridgehead atoms. The molecule has 6 heteroatoms. The molecule has 1 aromatic rings. The minimum atomic E-state index is -0.282. The van der Waals surface area contributed by atoms with E-state index in [0.29, 0.717) is 25.4 Å². The van der Waals surface area contributed by atoms with Crippen LogP contribution < -0.4 is 11.1 Å². The van der Waals surface area contributed by atoms with Gasteiger partial charge in [0.1, 0.15) is 0 Å². The second-order valence-corrected chi connectivity index (χ2v) is 3.76. The molecule has 6 nitrogen and oxygen atoms in total. The van der Waals surface area contributed by atoms with Gasteiger partial charge in [-0.25, -0.2) is 0 Å². The van der Waals surface area contributed by atoms with Crippen LogP contribution in [0.2, 0.25) is 0 Å². The quantitative estimate of drug-likeness (QED) is 0.473. The van der Waals surface area contributed by atoms with Crippen LogP contribution in [0, 0.1) is 0 Å². The highest BCUT2D eigenvalue weighted by Crippen LogP contribution is 2.13. The third-order valence-electron chi connectivity index (χ3n) is 2.45. The lowest BCUT2D eigenvalue weighted by atomic mass is 10.2. The molecule has 0 aliphatic heterocycles. The molecule has 100 valence electrons. The van der Waals surface area contributed by atoms with Gasteiger partial charge < -0.3 is 15.8 Å². The van der Waals surface area contributed by atoms with Crippen molar-refractivity contribution in [1.29, 1.82) is 0 Å². The number of carbonyl (C=O) groups is 1. The van der Waals surface area contributed by atoms with E-state index in [4.69, 9.17) is 10.5 Å². The molecule has 0 aromatic carbocycles. The molecule has 1 rings (SSSR count). The number of nitrogens with one attached hydrogen (secondary N) is 2. The van der Waals surface area contributed by atoms with Crippen LogP contribution in [-0.4, -0.2) is 35.9 Å². The molecule has 0 spiro atoms. The van der Waals surface area contributed by atoms with E-state index in [0.717, 1.165) is 18.5 Å². The fraction of sp³-hybridized carbons (Fsp3) is 0.500. The van der Waals surface area contributed by atoms with Crippen LogP contribution in [0.4, 0.5) is 5.69 Å². The summed E-state index contributed by atoms with van der Waals surface area (Å²) in [5.41, 5.74) is 7.23. The Hall–Kier alpha value is -1.82. The summed E-state index contributed by atoms with van der Waals surface area (Å²) in [6.45, 7) is 7.05. The number of amides is 1. The number of aryl methyl sites for hydroxylation is 1. The van der Waals surface area contributed by atoms with Crippen LogP contribution >= 0.6 is 0 Å². The van der Waals surface area contributed by atoms with E-state index in [2.05, 4.69) is 22.1 Å². The average molecular weight is 252 g/mol. The summed E-state index contributed by atoms with van der Waals surface area (Å²) in [6.07, 6.45) is 3.31. The zero-order valence-electron chi connectivity index (χ0n) is 10.7. The minimum Gasteiger partial charge on any atom is -0.395 e. The smallest absolute Gasteiger partial charge is 0.274 e. The summed E-state index contributed by atoms with van der Waals surface area (Å²) in [5.74, 6) is -0.282. The largest absolute Gasteiger partial charge is 0.395 e. The maximum Gasteiger partial charge on any atom is 0.274 e. The Morgan fingerprint density at radius 2 is 2.39 bits per heavy atom. The van der Waals surface area contributed by atoms with Crippen molar-refractivity contribution in [1.82, 2.24) is 15.5 Å². The van der Waals surface area contributed by atoms with E-state index >= 15 is 0 Å². The molecular weight excluding hydrogens is 232 g/mol. The predicted molar refractivity (Wildman–Crippen MR) is 70.3 cm³/mol. The van der Waals surface area contributed by atoms with Crippen LogP contribution in [0.15, 0.2) is 12.7 Å². The zero-order chi connectivity index (χ0) is 13.4. The van der Waals surface area contributed by atoms with E-state index in [-0.39, 0.29) is 11.6 Å². The minimum absolute atomic E-state index is 0.248. The van der Waals surface area contributed by atoms with Gasteiger partial charge in [-0.2, -0.15) is 5.10 Å². The number of ether oxygens (including phenoxy) is 1. The van der Waals surface area contributed by atoms with Crippen LogP contribution in [-0.2, 0) is 11.2 Å². The SMILES string of the molecule is C=CCCOCCNC(=O)c1n[nH]c(CC)c1N. The molecule has 0 aliphatic rings. The number of hydrogen-bond donors (Lipinski definition) is 3. The van der Waals surface area contributed by atoms with Gasteiger partial charge in [0.2, 0.25) is 0 Å². The fourth-order valence-corrected chi connectivity index (χ4v) is 1.42. The Morgan fingerprint density at radius 1 is 1.61 bits per heavy atom. The van der Waals surface area contributed by atoms with Gasteiger partial charge in [-0.15, -0.1) is 6.58 Å². The van der Waals surface area contributed by atoms with Gasteiger partial charge in [0.05, 0.1) is 24.6 Å². The Labute approximate surface area is 107 Å². The van der Waals surface area contributed by atoms with Crippen LogP contribution in [0.25, 0.3) is 0 Å². The van der Waals surface area contributed by atoms with Crippen molar-refractivity contribution in [2.24, 2.45) is 0 Å². The summed E-state index contributed by atoms with van der Waals surface area (Å²) in [5, 5.41) is 9.35. The van der Waals surface area contributed by atoms with Crippen molar-refractivity contribution >= 4 is 11.6 Å². The standard InChI is InChI=1S/C12H20N4O2/c1-3-5-7-18-8-6-14-12(17)11-10(13)9(4-2)15-16-11/h3H,1,4-8,13H2,2H3,(H,14,17)(H,15,16).